The summed E-state index contributed by atoms with van der Waals surface area (Å²) in [5.41, 5.74) is 2.37. The summed E-state index contributed by atoms with van der Waals surface area (Å²) in [5.74, 6) is 1.10. The summed E-state index contributed by atoms with van der Waals surface area (Å²) in [4.78, 5) is 2.36. The van der Waals surface area contributed by atoms with Crippen LogP contribution >= 0.6 is 12.4 Å². The molecule has 2 rings (SSSR count). The third-order valence-electron chi connectivity index (χ3n) is 3.19. The van der Waals surface area contributed by atoms with E-state index in [0.29, 0.717) is 6.04 Å². The van der Waals surface area contributed by atoms with Crippen molar-refractivity contribution in [2.45, 2.75) is 39.2 Å². The van der Waals surface area contributed by atoms with Gasteiger partial charge in [0, 0.05) is 5.56 Å². The highest BCUT2D eigenvalue weighted by atomic mass is 35.5. The maximum Gasteiger partial charge on any atom is 0.157 e. The molecule has 0 saturated carbocycles. The fraction of sp³-hybridized carbons (Fsp3) is 0.727. The minimum absolute atomic E-state index is 0. The minimum Gasteiger partial charge on any atom is -0.359 e. The molecular weight excluding hydrogens is 212 g/mol. The summed E-state index contributed by atoms with van der Waals surface area (Å²) in [6, 6.07) is 0.464. The number of hydrogen-bond donors (Lipinski definition) is 0. The molecule has 86 valence electrons. The van der Waals surface area contributed by atoms with Crippen molar-refractivity contribution in [3.05, 3.63) is 17.0 Å². The van der Waals surface area contributed by atoms with Crippen LogP contribution in [-0.4, -0.2) is 23.6 Å². The molecule has 2 heterocycles. The molecule has 1 atom stereocenters. The quantitative estimate of drug-likeness (QED) is 0.783. The summed E-state index contributed by atoms with van der Waals surface area (Å²) in [6.45, 7) is 5.37. The number of hydrogen-bond acceptors (Lipinski definition) is 3. The molecule has 0 amide bonds. The first-order valence-corrected chi connectivity index (χ1v) is 5.39. The molecule has 0 aromatic carbocycles. The molecule has 1 saturated heterocycles. The number of rotatable bonds is 2. The van der Waals surface area contributed by atoms with Gasteiger partial charge in [0.1, 0.15) is 0 Å². The van der Waals surface area contributed by atoms with Crippen LogP contribution in [0.3, 0.4) is 0 Å². The summed E-state index contributed by atoms with van der Waals surface area (Å²) in [7, 11) is 2.16. The smallest absolute Gasteiger partial charge is 0.157 e. The van der Waals surface area contributed by atoms with Gasteiger partial charge in [-0.1, -0.05) is 12.1 Å². The molecule has 0 spiro atoms. The number of likely N-dealkylation sites (tertiary alicyclic amines) is 1. The van der Waals surface area contributed by atoms with Gasteiger partial charge >= 0.3 is 0 Å². The summed E-state index contributed by atoms with van der Waals surface area (Å²) in [5, 5.41) is 4.06. The van der Waals surface area contributed by atoms with E-state index in [9.17, 15) is 0 Å². The molecule has 0 N–H and O–H groups in total. The van der Waals surface area contributed by atoms with Crippen LogP contribution in [0.25, 0.3) is 0 Å². The average Bonchev–Trinajstić information content (AvgIpc) is 2.71. The summed E-state index contributed by atoms with van der Waals surface area (Å²) < 4.78 is 5.45. The highest BCUT2D eigenvalue weighted by Gasteiger charge is 2.28. The Morgan fingerprint density at radius 3 is 2.80 bits per heavy atom. The standard InChI is InChI=1S/C11H18N2O.ClH/c1-4-9-8(2)12-14-11(9)10-6-5-7-13(10)3;/h10H,4-7H2,1-3H3;1H/t10-;/m0./s1. The zero-order chi connectivity index (χ0) is 10.1. The van der Waals surface area contributed by atoms with Gasteiger partial charge in [0.2, 0.25) is 0 Å². The van der Waals surface area contributed by atoms with E-state index in [1.807, 2.05) is 6.92 Å². The average molecular weight is 231 g/mol. The Kier molecular flexibility index (Phi) is 4.17. The Hall–Kier alpha value is -0.540. The maximum atomic E-state index is 5.45. The lowest BCUT2D eigenvalue weighted by Crippen LogP contribution is -2.18. The van der Waals surface area contributed by atoms with Crippen LogP contribution < -0.4 is 0 Å². The van der Waals surface area contributed by atoms with E-state index in [2.05, 4.69) is 24.0 Å². The van der Waals surface area contributed by atoms with Crippen molar-refractivity contribution >= 4 is 12.4 Å². The van der Waals surface area contributed by atoms with E-state index in [0.717, 1.165) is 17.9 Å². The van der Waals surface area contributed by atoms with E-state index in [4.69, 9.17) is 4.52 Å². The first-order chi connectivity index (χ1) is 6.74. The van der Waals surface area contributed by atoms with Gasteiger partial charge in [0.25, 0.3) is 0 Å². The van der Waals surface area contributed by atoms with Crippen LogP contribution in [0.4, 0.5) is 0 Å². The molecule has 0 radical (unpaired) electrons. The van der Waals surface area contributed by atoms with Crippen LogP contribution in [-0.2, 0) is 6.42 Å². The lowest BCUT2D eigenvalue weighted by Gasteiger charge is -2.17. The largest absolute Gasteiger partial charge is 0.359 e. The van der Waals surface area contributed by atoms with E-state index in [1.54, 1.807) is 0 Å². The predicted octanol–water partition coefficient (Wildman–Crippen LogP) is 2.73. The summed E-state index contributed by atoms with van der Waals surface area (Å²) in [6.07, 6.45) is 3.50. The van der Waals surface area contributed by atoms with Crippen molar-refractivity contribution in [1.29, 1.82) is 0 Å². The van der Waals surface area contributed by atoms with Crippen molar-refractivity contribution in [1.82, 2.24) is 10.1 Å². The zero-order valence-corrected chi connectivity index (χ0v) is 10.4. The zero-order valence-electron chi connectivity index (χ0n) is 9.62. The maximum absolute atomic E-state index is 5.45. The third kappa shape index (κ3) is 2.18. The Balaban J connectivity index is 0.00000112. The highest BCUT2D eigenvalue weighted by Crippen LogP contribution is 2.33. The number of aromatic nitrogens is 1. The number of halogens is 1. The van der Waals surface area contributed by atoms with Gasteiger partial charge in [0.15, 0.2) is 5.76 Å². The Bertz CT molecular complexity index is 324. The number of nitrogens with zero attached hydrogens (tertiary/aromatic N) is 2. The molecule has 3 nitrogen and oxygen atoms in total. The van der Waals surface area contributed by atoms with Crippen molar-refractivity contribution in [2.75, 3.05) is 13.6 Å². The normalized spacial score (nSPS) is 21.7. The van der Waals surface area contributed by atoms with Crippen molar-refractivity contribution < 1.29 is 4.52 Å². The van der Waals surface area contributed by atoms with E-state index in [-0.39, 0.29) is 12.4 Å². The number of aryl methyl sites for hydroxylation is 1. The lowest BCUT2D eigenvalue weighted by atomic mass is 10.0. The van der Waals surface area contributed by atoms with Gasteiger partial charge in [-0.3, -0.25) is 4.90 Å². The molecule has 1 aliphatic heterocycles. The van der Waals surface area contributed by atoms with Gasteiger partial charge in [-0.25, -0.2) is 0 Å². The van der Waals surface area contributed by atoms with Crippen LogP contribution in [0.1, 0.15) is 42.8 Å². The Morgan fingerprint density at radius 1 is 1.53 bits per heavy atom. The Morgan fingerprint density at radius 2 is 2.27 bits per heavy atom. The molecule has 0 bridgehead atoms. The van der Waals surface area contributed by atoms with Gasteiger partial charge < -0.3 is 4.52 Å². The molecule has 1 aliphatic rings. The molecule has 4 heteroatoms. The Labute approximate surface area is 97.2 Å². The molecule has 0 unspecified atom stereocenters. The van der Waals surface area contributed by atoms with Crippen molar-refractivity contribution in [3.8, 4) is 0 Å². The van der Waals surface area contributed by atoms with Gasteiger partial charge in [-0.2, -0.15) is 0 Å². The monoisotopic (exact) mass is 230 g/mol. The second-order valence-electron chi connectivity index (χ2n) is 4.10. The molecule has 1 aromatic rings. The lowest BCUT2D eigenvalue weighted by molar-refractivity contribution is 0.249. The van der Waals surface area contributed by atoms with Gasteiger partial charge in [-0.15, -0.1) is 12.4 Å². The fourth-order valence-electron chi connectivity index (χ4n) is 2.34. The minimum atomic E-state index is 0. The molecule has 0 aliphatic carbocycles. The van der Waals surface area contributed by atoms with E-state index < -0.39 is 0 Å². The van der Waals surface area contributed by atoms with Crippen molar-refractivity contribution in [2.24, 2.45) is 0 Å². The second kappa shape index (κ2) is 4.99. The van der Waals surface area contributed by atoms with Gasteiger partial charge in [-0.05, 0) is 39.8 Å². The molecule has 15 heavy (non-hydrogen) atoms. The van der Waals surface area contributed by atoms with E-state index >= 15 is 0 Å². The molecule has 1 fully saturated rings. The van der Waals surface area contributed by atoms with Crippen LogP contribution in [0.2, 0.25) is 0 Å². The highest BCUT2D eigenvalue weighted by molar-refractivity contribution is 5.85. The first-order valence-electron chi connectivity index (χ1n) is 5.39. The fourth-order valence-corrected chi connectivity index (χ4v) is 2.34. The SMILES string of the molecule is CCc1c(C)noc1[C@@H]1CCCN1C.Cl. The summed E-state index contributed by atoms with van der Waals surface area (Å²) >= 11 is 0. The van der Waals surface area contributed by atoms with Crippen LogP contribution in [0.15, 0.2) is 4.52 Å². The van der Waals surface area contributed by atoms with Crippen LogP contribution in [0, 0.1) is 6.92 Å². The van der Waals surface area contributed by atoms with Crippen molar-refractivity contribution in [3.63, 3.8) is 0 Å². The third-order valence-corrected chi connectivity index (χ3v) is 3.19. The van der Waals surface area contributed by atoms with E-state index in [1.165, 1.54) is 24.9 Å². The predicted molar refractivity (Wildman–Crippen MR) is 62.5 cm³/mol. The first kappa shape index (κ1) is 12.5. The van der Waals surface area contributed by atoms with Crippen LogP contribution in [0.5, 0.6) is 0 Å². The topological polar surface area (TPSA) is 29.3 Å². The second-order valence-corrected chi connectivity index (χ2v) is 4.10. The van der Waals surface area contributed by atoms with Gasteiger partial charge in [0.05, 0.1) is 11.7 Å². The molecular formula is C11H19ClN2O. The molecule has 1 aromatic heterocycles.